The van der Waals surface area contributed by atoms with Crippen LogP contribution < -0.4 is 10.2 Å². The summed E-state index contributed by atoms with van der Waals surface area (Å²) in [5.41, 5.74) is 0.0327. The van der Waals surface area contributed by atoms with E-state index in [-0.39, 0.29) is 12.5 Å². The van der Waals surface area contributed by atoms with E-state index >= 15 is 0 Å². The normalized spacial score (nSPS) is 25.7. The third-order valence-corrected chi connectivity index (χ3v) is 3.44. The summed E-state index contributed by atoms with van der Waals surface area (Å²) in [6.07, 6.45) is 0.490. The summed E-state index contributed by atoms with van der Waals surface area (Å²) in [6, 6.07) is 7.87. The van der Waals surface area contributed by atoms with Gasteiger partial charge in [-0.05, 0) is 24.3 Å². The quantitative estimate of drug-likeness (QED) is 0.753. The topological polar surface area (TPSA) is 82.4 Å². The van der Waals surface area contributed by atoms with E-state index in [1.807, 2.05) is 6.07 Å². The Labute approximate surface area is 109 Å². The molecule has 0 radical (unpaired) electrons. The summed E-state index contributed by atoms with van der Waals surface area (Å²) in [7, 11) is 0. The first-order valence-corrected chi connectivity index (χ1v) is 5.91. The fourth-order valence-electron chi connectivity index (χ4n) is 2.37. The Kier molecular flexibility index (Phi) is 2.50. The van der Waals surface area contributed by atoms with Crippen molar-refractivity contribution in [3.63, 3.8) is 0 Å². The number of rotatable bonds is 1. The van der Waals surface area contributed by atoms with Crippen molar-refractivity contribution in [2.75, 3.05) is 18.1 Å². The maximum Gasteiger partial charge on any atom is 0.329 e. The van der Waals surface area contributed by atoms with Crippen molar-refractivity contribution < 1.29 is 14.3 Å². The molecule has 0 aliphatic carbocycles. The molecule has 96 valence electrons. The van der Waals surface area contributed by atoms with Crippen LogP contribution in [0.25, 0.3) is 0 Å². The van der Waals surface area contributed by atoms with E-state index in [1.165, 1.54) is 0 Å². The lowest BCUT2D eigenvalue weighted by Gasteiger charge is -2.18. The SMILES string of the molecule is N#Cc1ccc(N2C(=O)NC3(CCOC3)C2=O)cc1. The summed E-state index contributed by atoms with van der Waals surface area (Å²) < 4.78 is 5.22. The Morgan fingerprint density at radius 1 is 1.32 bits per heavy atom. The first-order chi connectivity index (χ1) is 9.16. The van der Waals surface area contributed by atoms with E-state index in [0.29, 0.717) is 24.3 Å². The fraction of sp³-hybridized carbons (Fsp3) is 0.308. The molecule has 1 spiro atoms. The number of nitrogens with zero attached hydrogens (tertiary/aromatic N) is 2. The van der Waals surface area contributed by atoms with Crippen LogP contribution >= 0.6 is 0 Å². The smallest absolute Gasteiger partial charge is 0.329 e. The van der Waals surface area contributed by atoms with E-state index in [0.717, 1.165) is 4.90 Å². The molecule has 1 N–H and O–H groups in total. The molecule has 1 aromatic carbocycles. The highest BCUT2D eigenvalue weighted by atomic mass is 16.5. The summed E-state index contributed by atoms with van der Waals surface area (Å²) in [5, 5.41) is 11.4. The molecular formula is C13H11N3O3. The first-order valence-electron chi connectivity index (χ1n) is 5.91. The molecule has 0 aromatic heterocycles. The number of anilines is 1. The zero-order valence-electron chi connectivity index (χ0n) is 10.0. The third-order valence-electron chi connectivity index (χ3n) is 3.44. The number of carbonyl (C=O) groups excluding carboxylic acids is 2. The number of urea groups is 1. The largest absolute Gasteiger partial charge is 0.378 e. The van der Waals surface area contributed by atoms with Gasteiger partial charge in [-0.2, -0.15) is 5.26 Å². The van der Waals surface area contributed by atoms with Crippen molar-refractivity contribution in [1.29, 1.82) is 5.26 Å². The molecule has 1 atom stereocenters. The molecule has 1 unspecified atom stereocenters. The number of hydrogen-bond acceptors (Lipinski definition) is 4. The number of imide groups is 1. The zero-order chi connectivity index (χ0) is 13.5. The Morgan fingerprint density at radius 2 is 2.05 bits per heavy atom. The van der Waals surface area contributed by atoms with E-state index < -0.39 is 11.6 Å². The van der Waals surface area contributed by atoms with E-state index in [2.05, 4.69) is 5.32 Å². The highest BCUT2D eigenvalue weighted by Crippen LogP contribution is 2.30. The number of benzene rings is 1. The monoisotopic (exact) mass is 257 g/mol. The van der Waals surface area contributed by atoms with Crippen molar-refractivity contribution >= 4 is 17.6 Å². The molecule has 6 nitrogen and oxygen atoms in total. The van der Waals surface area contributed by atoms with Crippen LogP contribution in [0.5, 0.6) is 0 Å². The van der Waals surface area contributed by atoms with Crippen LogP contribution in [0.15, 0.2) is 24.3 Å². The molecule has 0 saturated carbocycles. The second kappa shape index (κ2) is 4.07. The van der Waals surface area contributed by atoms with Crippen LogP contribution in [0.2, 0.25) is 0 Å². The van der Waals surface area contributed by atoms with Gasteiger partial charge in [-0.15, -0.1) is 0 Å². The molecule has 19 heavy (non-hydrogen) atoms. The van der Waals surface area contributed by atoms with Gasteiger partial charge in [0.2, 0.25) is 0 Å². The molecule has 2 aliphatic heterocycles. The molecule has 1 aromatic rings. The Hall–Kier alpha value is -2.39. The second-order valence-corrected chi connectivity index (χ2v) is 4.61. The molecule has 2 heterocycles. The highest BCUT2D eigenvalue weighted by molar-refractivity contribution is 6.23. The lowest BCUT2D eigenvalue weighted by molar-refractivity contribution is -0.122. The Morgan fingerprint density at radius 3 is 2.63 bits per heavy atom. The lowest BCUT2D eigenvalue weighted by Crippen LogP contribution is -2.47. The predicted molar refractivity (Wildman–Crippen MR) is 65.3 cm³/mol. The molecule has 2 aliphatic rings. The fourth-order valence-corrected chi connectivity index (χ4v) is 2.37. The number of nitriles is 1. The van der Waals surface area contributed by atoms with Gasteiger partial charge in [-0.25, -0.2) is 9.69 Å². The molecular weight excluding hydrogens is 246 g/mol. The summed E-state index contributed by atoms with van der Waals surface area (Å²) in [4.78, 5) is 25.5. The minimum Gasteiger partial charge on any atom is -0.378 e. The number of hydrogen-bond donors (Lipinski definition) is 1. The first kappa shape index (κ1) is 11.7. The molecule has 2 saturated heterocycles. The van der Waals surface area contributed by atoms with Crippen molar-refractivity contribution in [3.05, 3.63) is 29.8 Å². The van der Waals surface area contributed by atoms with Crippen LogP contribution in [0, 0.1) is 11.3 Å². The highest BCUT2D eigenvalue weighted by Gasteiger charge is 2.53. The molecule has 6 heteroatoms. The van der Waals surface area contributed by atoms with E-state index in [9.17, 15) is 9.59 Å². The summed E-state index contributed by atoms with van der Waals surface area (Å²) in [6.45, 7) is 0.678. The molecule has 3 amide bonds. The van der Waals surface area contributed by atoms with Gasteiger partial charge >= 0.3 is 6.03 Å². The zero-order valence-corrected chi connectivity index (χ0v) is 10.0. The van der Waals surface area contributed by atoms with Gasteiger partial charge in [0, 0.05) is 13.0 Å². The van der Waals surface area contributed by atoms with Crippen molar-refractivity contribution in [1.82, 2.24) is 5.32 Å². The Bertz CT molecular complexity index is 582. The van der Waals surface area contributed by atoms with Gasteiger partial charge in [0.05, 0.1) is 23.9 Å². The molecule has 3 rings (SSSR count). The lowest BCUT2D eigenvalue weighted by atomic mass is 9.99. The average molecular weight is 257 g/mol. The number of nitrogens with one attached hydrogen (secondary N) is 1. The Balaban J connectivity index is 1.94. The van der Waals surface area contributed by atoms with Gasteiger partial charge in [0.1, 0.15) is 5.54 Å². The number of carbonyl (C=O) groups is 2. The van der Waals surface area contributed by atoms with Crippen LogP contribution in [0.4, 0.5) is 10.5 Å². The molecule has 0 bridgehead atoms. The predicted octanol–water partition coefficient (Wildman–Crippen LogP) is 0.774. The van der Waals surface area contributed by atoms with Gasteiger partial charge < -0.3 is 10.1 Å². The minimum atomic E-state index is -0.912. The van der Waals surface area contributed by atoms with Crippen LogP contribution in [0.1, 0.15) is 12.0 Å². The van der Waals surface area contributed by atoms with Gasteiger partial charge in [0.15, 0.2) is 0 Å². The number of amides is 3. The molecule has 2 fully saturated rings. The van der Waals surface area contributed by atoms with Crippen molar-refractivity contribution in [2.24, 2.45) is 0 Å². The maximum atomic E-state index is 12.4. The van der Waals surface area contributed by atoms with Gasteiger partial charge in [-0.1, -0.05) is 0 Å². The maximum absolute atomic E-state index is 12.4. The standard InChI is InChI=1S/C13H11N3O3/c14-7-9-1-3-10(4-2-9)16-11(17)13(15-12(16)18)5-6-19-8-13/h1-4H,5-6,8H2,(H,15,18). The van der Waals surface area contributed by atoms with Crippen molar-refractivity contribution in [3.8, 4) is 6.07 Å². The average Bonchev–Trinajstić information content (AvgIpc) is 2.97. The van der Waals surface area contributed by atoms with Crippen LogP contribution in [0.3, 0.4) is 0 Å². The summed E-state index contributed by atoms with van der Waals surface area (Å²) >= 11 is 0. The van der Waals surface area contributed by atoms with E-state index in [1.54, 1.807) is 24.3 Å². The van der Waals surface area contributed by atoms with Gasteiger partial charge in [-0.3, -0.25) is 4.79 Å². The second-order valence-electron chi connectivity index (χ2n) is 4.61. The number of ether oxygens (including phenoxy) is 1. The van der Waals surface area contributed by atoms with Crippen LogP contribution in [-0.2, 0) is 9.53 Å². The van der Waals surface area contributed by atoms with Crippen LogP contribution in [-0.4, -0.2) is 30.7 Å². The minimum absolute atomic E-state index is 0.213. The van der Waals surface area contributed by atoms with Gasteiger partial charge in [0.25, 0.3) is 5.91 Å². The van der Waals surface area contributed by atoms with Crippen molar-refractivity contribution in [2.45, 2.75) is 12.0 Å². The summed E-state index contributed by atoms with van der Waals surface area (Å²) in [5.74, 6) is -0.292. The van der Waals surface area contributed by atoms with E-state index in [4.69, 9.17) is 10.00 Å². The third kappa shape index (κ3) is 1.67.